The Morgan fingerprint density at radius 3 is 2.74 bits per heavy atom. The predicted molar refractivity (Wildman–Crippen MR) is 97.1 cm³/mol. The maximum Gasteiger partial charge on any atom is 0.306 e. The van der Waals surface area contributed by atoms with Gasteiger partial charge in [-0.2, -0.15) is 0 Å². The number of rotatable bonds is 4. The van der Waals surface area contributed by atoms with Crippen LogP contribution in [0.4, 0.5) is 0 Å². The van der Waals surface area contributed by atoms with Crippen LogP contribution in [0.5, 0.6) is 11.5 Å². The lowest BCUT2D eigenvalue weighted by Gasteiger charge is -2.18. The maximum atomic E-state index is 12.6. The van der Waals surface area contributed by atoms with Crippen LogP contribution in [0.15, 0.2) is 23.6 Å². The van der Waals surface area contributed by atoms with Crippen molar-refractivity contribution in [2.45, 2.75) is 18.9 Å². The summed E-state index contributed by atoms with van der Waals surface area (Å²) in [6.45, 7) is 1.06. The molecule has 8 heteroatoms. The number of nitrogens with one attached hydrogen (secondary N) is 1. The van der Waals surface area contributed by atoms with Crippen LogP contribution in [0.2, 0.25) is 0 Å². The molecule has 2 fully saturated rings. The molecule has 7 nitrogen and oxygen atoms in total. The average molecular weight is 386 g/mol. The van der Waals surface area contributed by atoms with E-state index in [-0.39, 0.29) is 23.8 Å². The lowest BCUT2D eigenvalue weighted by molar-refractivity contribution is -0.142. The van der Waals surface area contributed by atoms with Gasteiger partial charge in [-0.15, -0.1) is 11.3 Å². The van der Waals surface area contributed by atoms with Gasteiger partial charge in [0.05, 0.1) is 5.92 Å². The van der Waals surface area contributed by atoms with E-state index in [1.807, 2.05) is 18.2 Å². The Hall–Kier alpha value is -2.61. The third-order valence-electron chi connectivity index (χ3n) is 5.59. The predicted octanol–water partition coefficient (Wildman–Crippen LogP) is 2.42. The summed E-state index contributed by atoms with van der Waals surface area (Å²) in [6.07, 6.45) is 1.40. The molecule has 1 aromatic carbocycles. The van der Waals surface area contributed by atoms with Gasteiger partial charge in [-0.05, 0) is 42.9 Å². The van der Waals surface area contributed by atoms with Crippen molar-refractivity contribution in [3.05, 3.63) is 29.3 Å². The first-order valence-electron chi connectivity index (χ1n) is 8.99. The first-order valence-corrected chi connectivity index (χ1v) is 9.87. The lowest BCUT2D eigenvalue weighted by atomic mass is 10.0. The topological polar surface area (TPSA) is 97.8 Å². The maximum absolute atomic E-state index is 12.6. The largest absolute Gasteiger partial charge is 0.486 e. The van der Waals surface area contributed by atoms with Gasteiger partial charge in [-0.25, -0.2) is 4.98 Å². The minimum absolute atomic E-state index is 0.0666. The minimum atomic E-state index is -0.756. The Labute approximate surface area is 159 Å². The van der Waals surface area contributed by atoms with Crippen molar-refractivity contribution in [2.24, 2.45) is 17.8 Å². The number of thiazole rings is 1. The standard InChI is InChI=1S/C19H18N2O5S/c22-17(20-13-7-12(19(23)24)10-6-11(10)13)14-8-27-18(21-14)9-1-2-15-16(5-9)26-4-3-25-15/h1-2,5,8,10-13H,3-4,6-7H2,(H,20,22)(H,23,24)/t10-,11+,12-,13+/m1/s1. The highest BCUT2D eigenvalue weighted by Gasteiger charge is 2.57. The number of carboxylic acids is 1. The molecule has 4 atom stereocenters. The Morgan fingerprint density at radius 1 is 1.15 bits per heavy atom. The fourth-order valence-electron chi connectivity index (χ4n) is 4.16. The Kier molecular flexibility index (Phi) is 3.82. The van der Waals surface area contributed by atoms with Crippen molar-refractivity contribution >= 4 is 23.2 Å². The van der Waals surface area contributed by atoms with Gasteiger partial charge in [0.25, 0.3) is 5.91 Å². The molecule has 5 rings (SSSR count). The number of ether oxygens (including phenoxy) is 2. The zero-order chi connectivity index (χ0) is 18.5. The van der Waals surface area contributed by atoms with Gasteiger partial charge in [-0.3, -0.25) is 9.59 Å². The number of hydrogen-bond donors (Lipinski definition) is 2. The fraction of sp³-hybridized carbons (Fsp3) is 0.421. The zero-order valence-electron chi connectivity index (χ0n) is 14.4. The lowest BCUT2D eigenvalue weighted by Crippen LogP contribution is -2.36. The van der Waals surface area contributed by atoms with Crippen LogP contribution in [0.3, 0.4) is 0 Å². The van der Waals surface area contributed by atoms with Crippen LogP contribution in [0, 0.1) is 17.8 Å². The quantitative estimate of drug-likeness (QED) is 0.838. The summed E-state index contributed by atoms with van der Waals surface area (Å²) in [5.41, 5.74) is 1.23. The number of hydrogen-bond acceptors (Lipinski definition) is 6. The summed E-state index contributed by atoms with van der Waals surface area (Å²) >= 11 is 1.39. The smallest absolute Gasteiger partial charge is 0.306 e. The summed E-state index contributed by atoms with van der Waals surface area (Å²) in [6, 6.07) is 5.56. The first-order chi connectivity index (χ1) is 13.1. The molecule has 3 aliphatic rings. The second kappa shape index (κ2) is 6.23. The molecule has 27 heavy (non-hydrogen) atoms. The van der Waals surface area contributed by atoms with Crippen LogP contribution in [0.1, 0.15) is 23.3 Å². The molecular weight excluding hydrogens is 368 g/mol. The van der Waals surface area contributed by atoms with Crippen molar-refractivity contribution < 1.29 is 24.2 Å². The van der Waals surface area contributed by atoms with Crippen LogP contribution in [0.25, 0.3) is 10.6 Å². The molecule has 2 aliphatic carbocycles. The highest BCUT2D eigenvalue weighted by Crippen LogP contribution is 2.55. The monoisotopic (exact) mass is 386 g/mol. The third kappa shape index (κ3) is 2.93. The Morgan fingerprint density at radius 2 is 1.96 bits per heavy atom. The van der Waals surface area contributed by atoms with Gasteiger partial charge < -0.3 is 19.9 Å². The first kappa shape index (κ1) is 16.6. The van der Waals surface area contributed by atoms with Crippen LogP contribution in [-0.4, -0.2) is 41.2 Å². The van der Waals surface area contributed by atoms with Gasteiger partial charge in [0.15, 0.2) is 11.5 Å². The zero-order valence-corrected chi connectivity index (χ0v) is 15.2. The van der Waals surface area contributed by atoms with Gasteiger partial charge in [0, 0.05) is 17.0 Å². The molecule has 2 N–H and O–H groups in total. The highest BCUT2D eigenvalue weighted by molar-refractivity contribution is 7.13. The average Bonchev–Trinajstić information content (AvgIpc) is 3.15. The molecule has 2 aromatic rings. The van der Waals surface area contributed by atoms with E-state index < -0.39 is 5.97 Å². The second-order valence-electron chi connectivity index (χ2n) is 7.22. The number of carbonyl (C=O) groups is 2. The number of carbonyl (C=O) groups excluding carboxylic acids is 1. The van der Waals surface area contributed by atoms with E-state index in [0.717, 1.165) is 17.0 Å². The van der Waals surface area contributed by atoms with Gasteiger partial charge in [0.2, 0.25) is 0 Å². The number of aliphatic carboxylic acids is 1. The Bertz CT molecular complexity index is 927. The van der Waals surface area contributed by atoms with Crippen molar-refractivity contribution in [1.82, 2.24) is 10.3 Å². The van der Waals surface area contributed by atoms with Crippen LogP contribution in [-0.2, 0) is 4.79 Å². The van der Waals surface area contributed by atoms with Crippen molar-refractivity contribution in [3.63, 3.8) is 0 Å². The van der Waals surface area contributed by atoms with E-state index in [0.29, 0.717) is 42.7 Å². The van der Waals surface area contributed by atoms with Crippen molar-refractivity contribution in [1.29, 1.82) is 0 Å². The second-order valence-corrected chi connectivity index (χ2v) is 8.08. The van der Waals surface area contributed by atoms with E-state index >= 15 is 0 Å². The van der Waals surface area contributed by atoms with Gasteiger partial charge in [0.1, 0.15) is 23.9 Å². The summed E-state index contributed by atoms with van der Waals surface area (Å²) in [4.78, 5) is 28.3. The number of carboxylic acid groups (broad SMARTS) is 1. The van der Waals surface area contributed by atoms with Crippen LogP contribution < -0.4 is 14.8 Å². The normalized spacial score (nSPS) is 27.7. The molecule has 0 radical (unpaired) electrons. The van der Waals surface area contributed by atoms with E-state index in [1.165, 1.54) is 11.3 Å². The van der Waals surface area contributed by atoms with Crippen molar-refractivity contribution in [2.75, 3.05) is 13.2 Å². The number of amides is 1. The summed E-state index contributed by atoms with van der Waals surface area (Å²) in [7, 11) is 0. The molecule has 1 aromatic heterocycles. The van der Waals surface area contributed by atoms with Gasteiger partial charge >= 0.3 is 5.97 Å². The minimum Gasteiger partial charge on any atom is -0.486 e. The molecule has 2 saturated carbocycles. The molecule has 1 aliphatic heterocycles. The van der Waals surface area contributed by atoms with Crippen LogP contribution >= 0.6 is 11.3 Å². The van der Waals surface area contributed by atoms with Crippen molar-refractivity contribution in [3.8, 4) is 22.1 Å². The number of aromatic nitrogens is 1. The molecule has 1 amide bonds. The third-order valence-corrected chi connectivity index (χ3v) is 6.48. The van der Waals surface area contributed by atoms with Gasteiger partial charge in [-0.1, -0.05) is 0 Å². The molecular formula is C19H18N2O5S. The SMILES string of the molecule is O=C(N[C@H]1C[C@@H](C(=O)O)[C@@H]2C[C@@H]21)c1csc(-c2ccc3c(c2)OCCO3)n1. The molecule has 2 heterocycles. The van der Waals surface area contributed by atoms with E-state index in [4.69, 9.17) is 9.47 Å². The van der Waals surface area contributed by atoms with E-state index in [1.54, 1.807) is 5.38 Å². The molecule has 0 bridgehead atoms. The molecule has 0 unspecified atom stereocenters. The highest BCUT2D eigenvalue weighted by atomic mass is 32.1. The number of benzene rings is 1. The number of nitrogens with zero attached hydrogens (tertiary/aromatic N) is 1. The fourth-order valence-corrected chi connectivity index (χ4v) is 4.96. The Balaban J connectivity index is 1.29. The molecule has 0 saturated heterocycles. The molecule has 140 valence electrons. The molecule has 0 spiro atoms. The summed E-state index contributed by atoms with van der Waals surface area (Å²) < 4.78 is 11.1. The number of fused-ring (bicyclic) bond motifs is 2. The van der Waals surface area contributed by atoms with E-state index in [9.17, 15) is 14.7 Å². The summed E-state index contributed by atoms with van der Waals surface area (Å²) in [5.74, 6) is 0.593. The van der Waals surface area contributed by atoms with E-state index in [2.05, 4.69) is 10.3 Å². The summed E-state index contributed by atoms with van der Waals surface area (Å²) in [5, 5.41) is 14.7.